The Labute approximate surface area is 136 Å². The molecule has 0 saturated heterocycles. The first kappa shape index (κ1) is 16.3. The van der Waals surface area contributed by atoms with Crippen molar-refractivity contribution in [2.75, 3.05) is 13.7 Å². The summed E-state index contributed by atoms with van der Waals surface area (Å²) in [5.74, 6) is -0.931. The van der Waals surface area contributed by atoms with Crippen molar-refractivity contribution >= 4 is 35.2 Å². The second-order valence-corrected chi connectivity index (χ2v) is 4.75. The van der Waals surface area contributed by atoms with Crippen LogP contribution in [0.1, 0.15) is 6.93 Å². The van der Waals surface area contributed by atoms with Crippen molar-refractivity contribution in [3.63, 3.8) is 0 Å². The zero-order valence-corrected chi connectivity index (χ0v) is 13.1. The van der Waals surface area contributed by atoms with Gasteiger partial charge in [-0.3, -0.25) is 9.59 Å². The number of carbonyl (C=O) groups is 2. The van der Waals surface area contributed by atoms with Crippen molar-refractivity contribution in [3.05, 3.63) is 36.0 Å². The molecule has 1 amide bonds. The van der Waals surface area contributed by atoms with Crippen LogP contribution in [0.25, 0.3) is 10.9 Å². The Morgan fingerprint density at radius 3 is 2.86 bits per heavy atom. The van der Waals surface area contributed by atoms with Crippen LogP contribution in [0, 0.1) is 0 Å². The molecule has 2 aromatic rings. The summed E-state index contributed by atoms with van der Waals surface area (Å²) >= 11 is 0. The van der Waals surface area contributed by atoms with Gasteiger partial charge in [0.05, 0.1) is 13.2 Å². The fourth-order valence-corrected chi connectivity index (χ4v) is 2.18. The number of benzene rings is 1. The predicted molar refractivity (Wildman–Crippen MR) is 86.9 cm³/mol. The molecule has 1 aromatic heterocycles. The number of hydrogen-bond donors (Lipinski definition) is 2. The number of rotatable bonds is 5. The van der Waals surface area contributed by atoms with Crippen molar-refractivity contribution < 1.29 is 15.7 Å². The van der Waals surface area contributed by atoms with Crippen molar-refractivity contribution in [1.29, 1.82) is 0 Å². The Hall–Kier alpha value is -2.05. The molecule has 0 unspecified atom stereocenters. The van der Waals surface area contributed by atoms with Crippen LogP contribution in [0.15, 0.2) is 30.5 Å². The summed E-state index contributed by atoms with van der Waals surface area (Å²) in [4.78, 5) is 22.9. The standard InChI is InChI=1S/C15H19N3O3.ClH/c1-18-9-10(11-5-3-4-6-13(11)18)7-12(16)15(20)17-8-14(19)21-2;/h3-6,9,12H,7-8,16H2,1-2H3,(H,17,20);1H/t12-;/m0./s1/i1D;. The highest BCUT2D eigenvalue weighted by Gasteiger charge is 2.17. The summed E-state index contributed by atoms with van der Waals surface area (Å²) in [6.07, 6.45) is 2.17. The monoisotopic (exact) mass is 326 g/mol. The largest absolute Gasteiger partial charge is 0.468 e. The number of methoxy groups -OCH3 is 1. The van der Waals surface area contributed by atoms with Crippen LogP contribution in [0.3, 0.4) is 0 Å². The number of aromatic nitrogens is 1. The van der Waals surface area contributed by atoms with E-state index in [0.29, 0.717) is 6.42 Å². The van der Waals surface area contributed by atoms with E-state index in [4.69, 9.17) is 7.10 Å². The molecule has 1 atom stereocenters. The normalized spacial score (nSPS) is 12.2. The van der Waals surface area contributed by atoms with Gasteiger partial charge in [-0.1, -0.05) is 18.2 Å². The molecule has 0 aliphatic heterocycles. The number of hydrogen-bond acceptors (Lipinski definition) is 4. The topological polar surface area (TPSA) is 86.4 Å². The van der Waals surface area contributed by atoms with E-state index in [1.807, 2.05) is 30.5 Å². The molecule has 0 aliphatic rings. The van der Waals surface area contributed by atoms with Crippen LogP contribution in [0.5, 0.6) is 0 Å². The highest BCUT2D eigenvalue weighted by atomic mass is 35.5. The molecule has 0 radical (unpaired) electrons. The van der Waals surface area contributed by atoms with E-state index in [2.05, 4.69) is 10.1 Å². The quantitative estimate of drug-likeness (QED) is 0.794. The van der Waals surface area contributed by atoms with Crippen LogP contribution >= 0.6 is 12.4 Å². The summed E-state index contributed by atoms with van der Waals surface area (Å²) in [5.41, 5.74) is 7.74. The van der Waals surface area contributed by atoms with E-state index in [-0.39, 0.29) is 26.0 Å². The predicted octanol–water partition coefficient (Wildman–Crippen LogP) is 0.759. The van der Waals surface area contributed by atoms with Gasteiger partial charge in [0.1, 0.15) is 6.54 Å². The van der Waals surface area contributed by atoms with Crippen LogP contribution in [0.4, 0.5) is 0 Å². The second kappa shape index (κ2) is 7.82. The number of nitrogens with two attached hydrogens (primary N) is 1. The number of aryl methyl sites for hydroxylation is 1. The molecule has 1 aromatic carbocycles. The molecule has 3 N–H and O–H groups in total. The smallest absolute Gasteiger partial charge is 0.325 e. The zero-order chi connectivity index (χ0) is 16.1. The summed E-state index contributed by atoms with van der Waals surface area (Å²) in [6.45, 7) is -0.197. The molecule has 22 heavy (non-hydrogen) atoms. The molecule has 120 valence electrons. The lowest BCUT2D eigenvalue weighted by Crippen LogP contribution is -2.44. The molecule has 2 rings (SSSR count). The van der Waals surface area contributed by atoms with Gasteiger partial charge in [-0.15, -0.1) is 12.4 Å². The number of para-hydroxylation sites is 1. The van der Waals surface area contributed by atoms with Crippen LogP contribution in [-0.4, -0.2) is 36.1 Å². The van der Waals surface area contributed by atoms with Gasteiger partial charge in [0, 0.05) is 25.5 Å². The van der Waals surface area contributed by atoms with Gasteiger partial charge in [0.25, 0.3) is 0 Å². The number of nitrogens with zero attached hydrogens (tertiary/aromatic N) is 1. The zero-order valence-electron chi connectivity index (χ0n) is 13.2. The molecular formula is C15H20ClN3O3. The highest BCUT2D eigenvalue weighted by molar-refractivity contribution is 5.88. The first-order valence-electron chi connectivity index (χ1n) is 7.23. The van der Waals surface area contributed by atoms with Crippen LogP contribution < -0.4 is 11.1 Å². The average Bonchev–Trinajstić information content (AvgIpc) is 2.90. The Morgan fingerprint density at radius 1 is 1.45 bits per heavy atom. The first-order valence-corrected chi connectivity index (χ1v) is 6.53. The van der Waals surface area contributed by atoms with Gasteiger partial charge in [0.15, 0.2) is 0 Å². The lowest BCUT2D eigenvalue weighted by Gasteiger charge is -2.11. The van der Waals surface area contributed by atoms with Gasteiger partial charge in [-0.2, -0.15) is 0 Å². The fraction of sp³-hybridized carbons (Fsp3) is 0.333. The maximum Gasteiger partial charge on any atom is 0.325 e. The lowest BCUT2D eigenvalue weighted by molar-refractivity contribution is -0.141. The Balaban J connectivity index is 0.00000264. The number of halogens is 1. The molecule has 7 heteroatoms. The van der Waals surface area contributed by atoms with Crippen molar-refractivity contribution in [2.24, 2.45) is 12.8 Å². The van der Waals surface area contributed by atoms with Gasteiger partial charge in [0.2, 0.25) is 5.91 Å². The minimum atomic E-state index is -0.769. The maximum absolute atomic E-state index is 11.9. The third-order valence-corrected chi connectivity index (χ3v) is 3.28. The lowest BCUT2D eigenvalue weighted by atomic mass is 10.1. The van der Waals surface area contributed by atoms with E-state index >= 15 is 0 Å². The molecule has 0 fully saturated rings. The Morgan fingerprint density at radius 2 is 2.18 bits per heavy atom. The number of esters is 1. The van der Waals surface area contributed by atoms with E-state index in [1.165, 1.54) is 7.11 Å². The number of carbonyl (C=O) groups excluding carboxylic acids is 2. The summed E-state index contributed by atoms with van der Waals surface area (Å²) in [5, 5.41) is 3.42. The molecule has 6 nitrogen and oxygen atoms in total. The van der Waals surface area contributed by atoms with Crippen LogP contribution in [-0.2, 0) is 27.8 Å². The number of nitrogens with one attached hydrogen (secondary N) is 1. The Bertz CT molecular complexity index is 690. The average molecular weight is 327 g/mol. The van der Waals surface area contributed by atoms with Crippen molar-refractivity contribution in [2.45, 2.75) is 12.5 Å². The molecule has 0 bridgehead atoms. The maximum atomic E-state index is 11.9. The molecule has 0 saturated carbocycles. The summed E-state index contributed by atoms with van der Waals surface area (Å²) < 4.78 is 13.8. The molecule has 0 spiro atoms. The van der Waals surface area contributed by atoms with E-state index < -0.39 is 17.9 Å². The summed E-state index contributed by atoms with van der Waals surface area (Å²) in [6, 6.07) is 6.91. The van der Waals surface area contributed by atoms with Gasteiger partial charge < -0.3 is 20.4 Å². The number of amides is 1. The van der Waals surface area contributed by atoms with Crippen LogP contribution in [0.2, 0.25) is 0 Å². The van der Waals surface area contributed by atoms with Crippen molar-refractivity contribution in [3.8, 4) is 0 Å². The highest BCUT2D eigenvalue weighted by Crippen LogP contribution is 2.21. The first-order chi connectivity index (χ1) is 10.6. The van der Waals surface area contributed by atoms with Gasteiger partial charge in [-0.05, 0) is 18.1 Å². The molecular weight excluding hydrogens is 306 g/mol. The second-order valence-electron chi connectivity index (χ2n) is 4.75. The SMILES string of the molecule is Cl.[2H]Cn1cc(C[C@H](N)C(=O)NCC(=O)OC)c2ccccc21. The number of fused-ring (bicyclic) bond motifs is 1. The van der Waals surface area contributed by atoms with E-state index in [0.717, 1.165) is 16.5 Å². The minimum Gasteiger partial charge on any atom is -0.468 e. The number of ether oxygens (including phenoxy) is 1. The Kier molecular flexibility index (Phi) is 5.80. The van der Waals surface area contributed by atoms with E-state index in [9.17, 15) is 9.59 Å². The third kappa shape index (κ3) is 3.99. The third-order valence-electron chi connectivity index (χ3n) is 3.28. The van der Waals surface area contributed by atoms with Gasteiger partial charge >= 0.3 is 5.97 Å². The minimum absolute atomic E-state index is 0. The molecule has 0 aliphatic carbocycles. The van der Waals surface area contributed by atoms with E-state index in [1.54, 1.807) is 4.57 Å². The van der Waals surface area contributed by atoms with Crippen molar-refractivity contribution in [1.82, 2.24) is 9.88 Å². The summed E-state index contributed by atoms with van der Waals surface area (Å²) in [7, 11) is 1.36. The molecule has 1 heterocycles. The fourth-order valence-electron chi connectivity index (χ4n) is 2.18. The van der Waals surface area contributed by atoms with Gasteiger partial charge in [-0.25, -0.2) is 0 Å².